The molecule has 2 aromatic carbocycles. The van der Waals surface area contributed by atoms with Gasteiger partial charge in [0.15, 0.2) is 11.5 Å². The highest BCUT2D eigenvalue weighted by Crippen LogP contribution is 2.29. The number of hydrogen-bond acceptors (Lipinski definition) is 5. The van der Waals surface area contributed by atoms with Crippen molar-refractivity contribution >= 4 is 11.9 Å². The van der Waals surface area contributed by atoms with Crippen LogP contribution in [0.1, 0.15) is 59.7 Å². The molecule has 0 radical (unpaired) electrons. The van der Waals surface area contributed by atoms with E-state index >= 15 is 0 Å². The summed E-state index contributed by atoms with van der Waals surface area (Å²) in [6.45, 7) is 2.78. The van der Waals surface area contributed by atoms with Gasteiger partial charge in [-0.1, -0.05) is 32.6 Å². The Morgan fingerprint density at radius 2 is 1.57 bits per heavy atom. The van der Waals surface area contributed by atoms with Crippen LogP contribution in [-0.4, -0.2) is 30.8 Å². The quantitative estimate of drug-likeness (QED) is 0.334. The van der Waals surface area contributed by atoms with Crippen LogP contribution in [0.5, 0.6) is 17.2 Å². The van der Waals surface area contributed by atoms with Crippen LogP contribution in [0, 0.1) is 0 Å². The summed E-state index contributed by atoms with van der Waals surface area (Å²) < 4.78 is 16.4. The van der Waals surface area contributed by atoms with Gasteiger partial charge in [0.25, 0.3) is 0 Å². The third-order valence-electron chi connectivity index (χ3n) is 4.22. The van der Waals surface area contributed by atoms with Crippen molar-refractivity contribution in [1.29, 1.82) is 0 Å². The molecular weight excluding hydrogens is 360 g/mol. The van der Waals surface area contributed by atoms with Gasteiger partial charge in [-0.05, 0) is 48.9 Å². The van der Waals surface area contributed by atoms with Gasteiger partial charge in [0.05, 0.1) is 24.8 Å². The van der Waals surface area contributed by atoms with Crippen LogP contribution in [-0.2, 0) is 0 Å². The highest BCUT2D eigenvalue weighted by atomic mass is 16.5. The molecule has 0 amide bonds. The fourth-order valence-electron chi connectivity index (χ4n) is 2.63. The maximum Gasteiger partial charge on any atom is 0.343 e. The van der Waals surface area contributed by atoms with Crippen molar-refractivity contribution in [2.75, 3.05) is 13.7 Å². The Bertz CT molecular complexity index is 782. The third-order valence-corrected chi connectivity index (χ3v) is 4.22. The van der Waals surface area contributed by atoms with E-state index in [1.807, 2.05) is 0 Å². The van der Waals surface area contributed by atoms with Gasteiger partial charge in [-0.25, -0.2) is 9.59 Å². The molecule has 0 unspecified atom stereocenters. The van der Waals surface area contributed by atoms with Crippen molar-refractivity contribution in [3.05, 3.63) is 53.6 Å². The first-order valence-electron chi connectivity index (χ1n) is 9.41. The lowest BCUT2D eigenvalue weighted by molar-refractivity contribution is 0.0696. The van der Waals surface area contributed by atoms with E-state index in [0.29, 0.717) is 23.7 Å². The number of rotatable bonds is 11. The van der Waals surface area contributed by atoms with Gasteiger partial charge in [-0.3, -0.25) is 0 Å². The summed E-state index contributed by atoms with van der Waals surface area (Å²) in [5.41, 5.74) is 0.437. The zero-order valence-corrected chi connectivity index (χ0v) is 16.3. The van der Waals surface area contributed by atoms with E-state index in [4.69, 9.17) is 19.3 Å². The number of carboxylic acid groups (broad SMARTS) is 1. The predicted octanol–water partition coefficient (Wildman–Crippen LogP) is 4.96. The summed E-state index contributed by atoms with van der Waals surface area (Å²) in [4.78, 5) is 23.2. The van der Waals surface area contributed by atoms with Crippen LogP contribution in [0.2, 0.25) is 0 Å². The molecule has 1 N–H and O–H groups in total. The standard InChI is InChI=1S/C22H26O6/c1-3-4-5-6-7-14-27-19-13-10-17(15-20(19)26-2)22(25)28-18-11-8-16(9-12-18)21(23)24/h8-13,15H,3-7,14H2,1-2H3,(H,23,24). The summed E-state index contributed by atoms with van der Waals surface area (Å²) in [6, 6.07) is 10.5. The maximum absolute atomic E-state index is 12.3. The SMILES string of the molecule is CCCCCCCOc1ccc(C(=O)Oc2ccc(C(=O)O)cc2)cc1OC. The zero-order chi connectivity index (χ0) is 20.4. The third kappa shape index (κ3) is 6.30. The number of unbranched alkanes of at least 4 members (excludes halogenated alkanes) is 4. The predicted molar refractivity (Wildman–Crippen MR) is 106 cm³/mol. The molecule has 0 aliphatic carbocycles. The molecule has 0 heterocycles. The molecule has 0 bridgehead atoms. The molecule has 6 heteroatoms. The van der Waals surface area contributed by atoms with Crippen LogP contribution < -0.4 is 14.2 Å². The first-order valence-corrected chi connectivity index (χ1v) is 9.41. The van der Waals surface area contributed by atoms with Gasteiger partial charge in [0.1, 0.15) is 5.75 Å². The number of carbonyl (C=O) groups excluding carboxylic acids is 1. The van der Waals surface area contributed by atoms with E-state index < -0.39 is 11.9 Å². The Balaban J connectivity index is 1.95. The Hall–Kier alpha value is -3.02. The fourth-order valence-corrected chi connectivity index (χ4v) is 2.63. The number of carboxylic acids is 1. The van der Waals surface area contributed by atoms with Crippen LogP contribution in [0.3, 0.4) is 0 Å². The minimum absolute atomic E-state index is 0.123. The first-order chi connectivity index (χ1) is 13.5. The number of ether oxygens (including phenoxy) is 3. The van der Waals surface area contributed by atoms with Crippen molar-refractivity contribution in [3.63, 3.8) is 0 Å². The molecule has 0 atom stereocenters. The van der Waals surface area contributed by atoms with E-state index in [2.05, 4.69) is 6.92 Å². The van der Waals surface area contributed by atoms with Crippen molar-refractivity contribution in [2.45, 2.75) is 39.0 Å². The van der Waals surface area contributed by atoms with Crippen LogP contribution in [0.4, 0.5) is 0 Å². The van der Waals surface area contributed by atoms with Crippen LogP contribution in [0.25, 0.3) is 0 Å². The normalized spacial score (nSPS) is 10.4. The van der Waals surface area contributed by atoms with E-state index in [-0.39, 0.29) is 11.3 Å². The Labute approximate surface area is 165 Å². The molecule has 28 heavy (non-hydrogen) atoms. The second-order valence-corrected chi connectivity index (χ2v) is 6.35. The van der Waals surface area contributed by atoms with Crippen molar-refractivity contribution < 1.29 is 28.9 Å². The van der Waals surface area contributed by atoms with Gasteiger partial charge < -0.3 is 19.3 Å². The smallest absolute Gasteiger partial charge is 0.343 e. The molecule has 6 nitrogen and oxygen atoms in total. The molecule has 2 rings (SSSR count). The molecule has 0 spiro atoms. The number of benzene rings is 2. The average molecular weight is 386 g/mol. The first kappa shape index (κ1) is 21.3. The molecule has 0 fully saturated rings. The van der Waals surface area contributed by atoms with Gasteiger partial charge in [-0.15, -0.1) is 0 Å². The lowest BCUT2D eigenvalue weighted by atomic mass is 10.1. The summed E-state index contributed by atoms with van der Waals surface area (Å²) in [5, 5.41) is 8.90. The van der Waals surface area contributed by atoms with Gasteiger partial charge in [-0.2, -0.15) is 0 Å². The highest BCUT2D eigenvalue weighted by molar-refractivity contribution is 5.92. The summed E-state index contributed by atoms with van der Waals surface area (Å²) in [6.07, 6.45) is 5.74. The monoisotopic (exact) mass is 386 g/mol. The molecular formula is C22H26O6. The van der Waals surface area contributed by atoms with Crippen molar-refractivity contribution in [1.82, 2.24) is 0 Å². The minimum Gasteiger partial charge on any atom is -0.493 e. The average Bonchev–Trinajstić information content (AvgIpc) is 2.71. The second-order valence-electron chi connectivity index (χ2n) is 6.35. The Morgan fingerprint density at radius 1 is 0.893 bits per heavy atom. The van der Waals surface area contributed by atoms with Gasteiger partial charge >= 0.3 is 11.9 Å². The van der Waals surface area contributed by atoms with E-state index in [1.165, 1.54) is 50.6 Å². The second kappa shape index (κ2) is 11.0. The largest absolute Gasteiger partial charge is 0.493 e. The van der Waals surface area contributed by atoms with E-state index in [9.17, 15) is 9.59 Å². The number of carbonyl (C=O) groups is 2. The summed E-state index contributed by atoms with van der Waals surface area (Å²) >= 11 is 0. The molecule has 0 aliphatic heterocycles. The van der Waals surface area contributed by atoms with Gasteiger partial charge in [0.2, 0.25) is 0 Å². The Kier molecular flexibility index (Phi) is 8.34. The van der Waals surface area contributed by atoms with Crippen molar-refractivity contribution in [2.24, 2.45) is 0 Å². The number of aromatic carboxylic acids is 1. The maximum atomic E-state index is 12.3. The molecule has 150 valence electrons. The topological polar surface area (TPSA) is 82.1 Å². The molecule has 0 aromatic heterocycles. The highest BCUT2D eigenvalue weighted by Gasteiger charge is 2.14. The molecule has 0 saturated carbocycles. The fraction of sp³-hybridized carbons (Fsp3) is 0.364. The van der Waals surface area contributed by atoms with Crippen molar-refractivity contribution in [3.8, 4) is 17.2 Å². The zero-order valence-electron chi connectivity index (χ0n) is 16.3. The van der Waals surface area contributed by atoms with Crippen LogP contribution >= 0.6 is 0 Å². The summed E-state index contributed by atoms with van der Waals surface area (Å²) in [5.74, 6) is -0.290. The molecule has 0 aliphatic rings. The number of methoxy groups -OCH3 is 1. The Morgan fingerprint density at radius 3 is 2.21 bits per heavy atom. The van der Waals surface area contributed by atoms with Crippen LogP contribution in [0.15, 0.2) is 42.5 Å². The molecule has 2 aromatic rings. The molecule has 0 saturated heterocycles. The number of esters is 1. The minimum atomic E-state index is -1.04. The van der Waals surface area contributed by atoms with E-state index in [1.54, 1.807) is 18.2 Å². The van der Waals surface area contributed by atoms with E-state index in [0.717, 1.165) is 12.8 Å². The number of hydrogen-bond donors (Lipinski definition) is 1. The van der Waals surface area contributed by atoms with Gasteiger partial charge in [0, 0.05) is 0 Å². The summed E-state index contributed by atoms with van der Waals surface area (Å²) in [7, 11) is 1.52. The lowest BCUT2D eigenvalue weighted by Gasteiger charge is -2.12. The lowest BCUT2D eigenvalue weighted by Crippen LogP contribution is -2.09.